The standard InChI is InChI=1S/C17H28N2O2/c1-3-13-7-6-8-14(11-13)19-12(2)15(20)18-17(16(19)21)9-4-5-10-17/h12-14H,3-11H2,1-2H3,(H,18,20). The molecule has 1 N–H and O–H groups in total. The van der Waals surface area contributed by atoms with E-state index in [0.717, 1.165) is 38.5 Å². The minimum absolute atomic E-state index is 0.0510. The van der Waals surface area contributed by atoms with Crippen molar-refractivity contribution < 1.29 is 9.59 Å². The molecule has 3 atom stereocenters. The maximum Gasteiger partial charge on any atom is 0.249 e. The first-order valence-corrected chi connectivity index (χ1v) is 8.72. The van der Waals surface area contributed by atoms with Crippen LogP contribution in [0.3, 0.4) is 0 Å². The van der Waals surface area contributed by atoms with Crippen molar-refractivity contribution in [2.45, 2.75) is 89.3 Å². The fraction of sp³-hybridized carbons (Fsp3) is 0.882. The lowest BCUT2D eigenvalue weighted by Crippen LogP contribution is -2.70. The van der Waals surface area contributed by atoms with E-state index in [1.54, 1.807) is 0 Å². The highest BCUT2D eigenvalue weighted by Gasteiger charge is 2.52. The van der Waals surface area contributed by atoms with Gasteiger partial charge in [0.05, 0.1) is 0 Å². The van der Waals surface area contributed by atoms with Gasteiger partial charge in [-0.15, -0.1) is 0 Å². The van der Waals surface area contributed by atoms with E-state index < -0.39 is 5.54 Å². The molecule has 2 aliphatic carbocycles. The van der Waals surface area contributed by atoms with Crippen molar-refractivity contribution in [3.8, 4) is 0 Å². The Morgan fingerprint density at radius 1 is 1.19 bits per heavy atom. The number of nitrogens with zero attached hydrogens (tertiary/aromatic N) is 1. The monoisotopic (exact) mass is 292 g/mol. The molecule has 0 radical (unpaired) electrons. The minimum Gasteiger partial charge on any atom is -0.340 e. The second-order valence-corrected chi connectivity index (χ2v) is 7.26. The summed E-state index contributed by atoms with van der Waals surface area (Å²) in [4.78, 5) is 27.5. The third kappa shape index (κ3) is 2.47. The molecule has 4 heteroatoms. The Morgan fingerprint density at radius 3 is 2.57 bits per heavy atom. The minimum atomic E-state index is -0.567. The molecule has 1 heterocycles. The van der Waals surface area contributed by atoms with Crippen LogP contribution in [0.15, 0.2) is 0 Å². The first-order valence-electron chi connectivity index (χ1n) is 8.72. The number of hydrogen-bond donors (Lipinski definition) is 1. The topological polar surface area (TPSA) is 49.4 Å². The van der Waals surface area contributed by atoms with Gasteiger partial charge in [-0.1, -0.05) is 39.0 Å². The second kappa shape index (κ2) is 5.62. The molecule has 1 aliphatic heterocycles. The first-order chi connectivity index (χ1) is 10.1. The van der Waals surface area contributed by atoms with Gasteiger partial charge in [0.15, 0.2) is 0 Å². The maximum absolute atomic E-state index is 13.1. The number of carbonyl (C=O) groups is 2. The van der Waals surface area contributed by atoms with Crippen LogP contribution in [-0.4, -0.2) is 34.3 Å². The molecule has 1 saturated heterocycles. The molecule has 118 valence electrons. The molecular weight excluding hydrogens is 264 g/mol. The molecule has 0 aromatic heterocycles. The van der Waals surface area contributed by atoms with Crippen molar-refractivity contribution >= 4 is 11.8 Å². The third-order valence-corrected chi connectivity index (χ3v) is 5.99. The van der Waals surface area contributed by atoms with Crippen molar-refractivity contribution in [1.82, 2.24) is 10.2 Å². The summed E-state index contributed by atoms with van der Waals surface area (Å²) >= 11 is 0. The predicted octanol–water partition coefficient (Wildman–Crippen LogP) is 2.61. The lowest BCUT2D eigenvalue weighted by Gasteiger charge is -2.48. The van der Waals surface area contributed by atoms with Crippen LogP contribution < -0.4 is 5.32 Å². The smallest absolute Gasteiger partial charge is 0.249 e. The molecule has 1 spiro atoms. The number of hydrogen-bond acceptors (Lipinski definition) is 2. The number of carbonyl (C=O) groups excluding carboxylic acids is 2. The maximum atomic E-state index is 13.1. The first kappa shape index (κ1) is 14.9. The summed E-state index contributed by atoms with van der Waals surface area (Å²) in [6.07, 6.45) is 9.55. The van der Waals surface area contributed by atoms with Crippen LogP contribution in [0.5, 0.6) is 0 Å². The van der Waals surface area contributed by atoms with E-state index >= 15 is 0 Å². The van der Waals surface area contributed by atoms with E-state index in [9.17, 15) is 9.59 Å². The Morgan fingerprint density at radius 2 is 1.90 bits per heavy atom. The Hall–Kier alpha value is -1.06. The van der Waals surface area contributed by atoms with Crippen LogP contribution in [0.2, 0.25) is 0 Å². The number of nitrogens with one attached hydrogen (secondary N) is 1. The van der Waals surface area contributed by atoms with Crippen molar-refractivity contribution in [2.24, 2.45) is 5.92 Å². The van der Waals surface area contributed by atoms with Gasteiger partial charge in [0.2, 0.25) is 11.8 Å². The van der Waals surface area contributed by atoms with E-state index in [1.807, 2.05) is 11.8 Å². The van der Waals surface area contributed by atoms with Crippen molar-refractivity contribution in [3.63, 3.8) is 0 Å². The van der Waals surface area contributed by atoms with Gasteiger partial charge in [-0.2, -0.15) is 0 Å². The summed E-state index contributed by atoms with van der Waals surface area (Å²) in [7, 11) is 0. The lowest BCUT2D eigenvalue weighted by molar-refractivity contribution is -0.158. The Bertz CT molecular complexity index is 429. The van der Waals surface area contributed by atoms with E-state index in [0.29, 0.717) is 5.92 Å². The van der Waals surface area contributed by atoms with Gasteiger partial charge >= 0.3 is 0 Å². The summed E-state index contributed by atoms with van der Waals surface area (Å²) in [5.74, 6) is 0.970. The zero-order chi connectivity index (χ0) is 15.0. The molecule has 0 aromatic rings. The number of amides is 2. The van der Waals surface area contributed by atoms with E-state index in [2.05, 4.69) is 12.2 Å². The van der Waals surface area contributed by atoms with Gasteiger partial charge in [-0.05, 0) is 38.5 Å². The normalized spacial score (nSPS) is 36.1. The van der Waals surface area contributed by atoms with Gasteiger partial charge < -0.3 is 10.2 Å². The molecule has 3 fully saturated rings. The van der Waals surface area contributed by atoms with Gasteiger partial charge in [-0.25, -0.2) is 0 Å². The van der Waals surface area contributed by atoms with Crippen molar-refractivity contribution in [2.75, 3.05) is 0 Å². The molecule has 2 amide bonds. The van der Waals surface area contributed by atoms with Crippen LogP contribution in [0.25, 0.3) is 0 Å². The average molecular weight is 292 g/mol. The molecule has 21 heavy (non-hydrogen) atoms. The molecule has 2 saturated carbocycles. The van der Waals surface area contributed by atoms with E-state index in [4.69, 9.17) is 0 Å². The van der Waals surface area contributed by atoms with Gasteiger partial charge in [0.1, 0.15) is 11.6 Å². The van der Waals surface area contributed by atoms with Gasteiger partial charge in [0, 0.05) is 6.04 Å². The van der Waals surface area contributed by atoms with Crippen LogP contribution in [0.1, 0.15) is 71.6 Å². The molecule has 3 aliphatic rings. The Balaban J connectivity index is 1.84. The summed E-state index contributed by atoms with van der Waals surface area (Å²) in [6.45, 7) is 4.13. The van der Waals surface area contributed by atoms with Crippen LogP contribution in [0.4, 0.5) is 0 Å². The van der Waals surface area contributed by atoms with Crippen LogP contribution in [-0.2, 0) is 9.59 Å². The molecule has 0 aromatic carbocycles. The summed E-state index contributed by atoms with van der Waals surface area (Å²) in [5, 5.41) is 3.06. The fourth-order valence-electron chi connectivity index (χ4n) is 4.63. The third-order valence-electron chi connectivity index (χ3n) is 5.99. The Kier molecular flexibility index (Phi) is 3.98. The average Bonchev–Trinajstić information content (AvgIpc) is 2.95. The molecule has 4 nitrogen and oxygen atoms in total. The molecule has 3 unspecified atom stereocenters. The highest BCUT2D eigenvalue weighted by molar-refractivity contribution is 6.00. The molecule has 3 rings (SSSR count). The lowest BCUT2D eigenvalue weighted by atomic mass is 9.81. The summed E-state index contributed by atoms with van der Waals surface area (Å²) in [5.41, 5.74) is -0.567. The molecule has 0 bridgehead atoms. The molecular formula is C17H28N2O2. The second-order valence-electron chi connectivity index (χ2n) is 7.26. The largest absolute Gasteiger partial charge is 0.340 e. The SMILES string of the molecule is CCC1CCCC(N2C(=O)C3(CCCC3)NC(=O)C2C)C1. The predicted molar refractivity (Wildman–Crippen MR) is 81.7 cm³/mol. The van der Waals surface area contributed by atoms with Crippen molar-refractivity contribution in [3.05, 3.63) is 0 Å². The quantitative estimate of drug-likeness (QED) is 0.850. The fourth-order valence-corrected chi connectivity index (χ4v) is 4.63. The number of rotatable bonds is 2. The zero-order valence-corrected chi connectivity index (χ0v) is 13.4. The van der Waals surface area contributed by atoms with E-state index in [1.165, 1.54) is 19.3 Å². The van der Waals surface area contributed by atoms with Gasteiger partial charge in [0.25, 0.3) is 0 Å². The summed E-state index contributed by atoms with van der Waals surface area (Å²) < 4.78 is 0. The van der Waals surface area contributed by atoms with Crippen LogP contribution in [0, 0.1) is 5.92 Å². The Labute approximate surface area is 127 Å². The zero-order valence-electron chi connectivity index (χ0n) is 13.4. The number of piperazine rings is 1. The van der Waals surface area contributed by atoms with E-state index in [-0.39, 0.29) is 23.9 Å². The van der Waals surface area contributed by atoms with Crippen molar-refractivity contribution in [1.29, 1.82) is 0 Å². The van der Waals surface area contributed by atoms with Crippen LogP contribution >= 0.6 is 0 Å². The summed E-state index contributed by atoms with van der Waals surface area (Å²) in [6, 6.07) is -0.0287. The highest BCUT2D eigenvalue weighted by atomic mass is 16.2. The van der Waals surface area contributed by atoms with Gasteiger partial charge in [-0.3, -0.25) is 9.59 Å². The highest BCUT2D eigenvalue weighted by Crippen LogP contribution is 2.38.